The van der Waals surface area contributed by atoms with Crippen LogP contribution in [0.1, 0.15) is 37.6 Å². The Bertz CT molecular complexity index is 660. The lowest BCUT2D eigenvalue weighted by Crippen LogP contribution is -2.19. The van der Waals surface area contributed by atoms with E-state index in [1.54, 1.807) is 0 Å². The second-order valence-corrected chi connectivity index (χ2v) is 5.66. The van der Waals surface area contributed by atoms with Gasteiger partial charge in [0.15, 0.2) is 0 Å². The molecule has 0 fully saturated rings. The maximum absolute atomic E-state index is 11.4. The van der Waals surface area contributed by atoms with Crippen LogP contribution in [-0.4, -0.2) is 15.5 Å². The summed E-state index contributed by atoms with van der Waals surface area (Å²) in [6.07, 6.45) is 5.13. The van der Waals surface area contributed by atoms with Crippen LogP contribution >= 0.6 is 0 Å². The van der Waals surface area contributed by atoms with Crippen LogP contribution in [0.2, 0.25) is 0 Å². The summed E-state index contributed by atoms with van der Waals surface area (Å²) >= 11 is 0. The summed E-state index contributed by atoms with van der Waals surface area (Å²) in [4.78, 5) is 15.6. The minimum Gasteiger partial charge on any atom is -0.379 e. The Morgan fingerprint density at radius 3 is 3.05 bits per heavy atom. The van der Waals surface area contributed by atoms with Gasteiger partial charge in [0.2, 0.25) is 5.91 Å². The molecule has 5 heteroatoms. The van der Waals surface area contributed by atoms with Crippen molar-refractivity contribution in [3.63, 3.8) is 0 Å². The highest BCUT2D eigenvalue weighted by Crippen LogP contribution is 2.26. The SMILES string of the molecule is CC(C)n1cncc1CNc1ccc2c(c1)CCC(=O)N2. The van der Waals surface area contributed by atoms with E-state index < -0.39 is 0 Å². The van der Waals surface area contributed by atoms with Crippen LogP contribution < -0.4 is 10.6 Å². The summed E-state index contributed by atoms with van der Waals surface area (Å²) < 4.78 is 2.16. The minimum absolute atomic E-state index is 0.101. The molecule has 5 nitrogen and oxygen atoms in total. The number of aromatic nitrogens is 2. The Labute approximate surface area is 124 Å². The zero-order valence-electron chi connectivity index (χ0n) is 12.4. The van der Waals surface area contributed by atoms with Gasteiger partial charge in [-0.2, -0.15) is 0 Å². The van der Waals surface area contributed by atoms with Crippen LogP contribution in [0.4, 0.5) is 11.4 Å². The van der Waals surface area contributed by atoms with Crippen molar-refractivity contribution >= 4 is 17.3 Å². The van der Waals surface area contributed by atoms with Crippen molar-refractivity contribution in [1.82, 2.24) is 9.55 Å². The molecular weight excluding hydrogens is 264 g/mol. The van der Waals surface area contributed by atoms with Crippen molar-refractivity contribution in [2.75, 3.05) is 10.6 Å². The van der Waals surface area contributed by atoms with E-state index in [0.29, 0.717) is 12.5 Å². The molecule has 1 aliphatic rings. The minimum atomic E-state index is 0.101. The van der Waals surface area contributed by atoms with E-state index >= 15 is 0 Å². The normalized spacial score (nSPS) is 14.0. The maximum atomic E-state index is 11.4. The van der Waals surface area contributed by atoms with E-state index in [-0.39, 0.29) is 5.91 Å². The maximum Gasteiger partial charge on any atom is 0.224 e. The van der Waals surface area contributed by atoms with Crippen LogP contribution in [0, 0.1) is 0 Å². The first-order valence-corrected chi connectivity index (χ1v) is 7.31. The largest absolute Gasteiger partial charge is 0.379 e. The number of carbonyl (C=O) groups excluding carboxylic acids is 1. The lowest BCUT2D eigenvalue weighted by atomic mass is 10.0. The molecule has 1 amide bonds. The van der Waals surface area contributed by atoms with Gasteiger partial charge >= 0.3 is 0 Å². The fraction of sp³-hybridized carbons (Fsp3) is 0.375. The van der Waals surface area contributed by atoms with E-state index in [4.69, 9.17) is 0 Å². The number of imidazole rings is 1. The summed E-state index contributed by atoms with van der Waals surface area (Å²) in [5, 5.41) is 6.33. The lowest BCUT2D eigenvalue weighted by Gasteiger charge is -2.18. The Kier molecular flexibility index (Phi) is 3.64. The standard InChI is InChI=1S/C16H20N4O/c1-11(2)20-10-17-8-14(20)9-18-13-4-5-15-12(7-13)3-6-16(21)19-15/h4-5,7-8,10-11,18H,3,6,9H2,1-2H3,(H,19,21). The van der Waals surface area contributed by atoms with Gasteiger partial charge in [0, 0.05) is 30.0 Å². The Morgan fingerprint density at radius 2 is 2.24 bits per heavy atom. The van der Waals surface area contributed by atoms with Crippen LogP contribution in [-0.2, 0) is 17.8 Å². The first-order valence-electron chi connectivity index (χ1n) is 7.31. The molecule has 2 heterocycles. The molecule has 0 unspecified atom stereocenters. The van der Waals surface area contributed by atoms with E-state index in [0.717, 1.165) is 30.0 Å². The zero-order valence-corrected chi connectivity index (χ0v) is 12.4. The first-order chi connectivity index (χ1) is 10.1. The second kappa shape index (κ2) is 5.60. The van der Waals surface area contributed by atoms with Gasteiger partial charge in [0.1, 0.15) is 0 Å². The highest BCUT2D eigenvalue weighted by Gasteiger charge is 2.14. The number of nitrogens with one attached hydrogen (secondary N) is 2. The number of anilines is 2. The number of amides is 1. The zero-order chi connectivity index (χ0) is 14.8. The van der Waals surface area contributed by atoms with Crippen molar-refractivity contribution in [3.05, 3.63) is 42.0 Å². The monoisotopic (exact) mass is 284 g/mol. The van der Waals surface area contributed by atoms with Crippen molar-refractivity contribution in [2.24, 2.45) is 0 Å². The van der Waals surface area contributed by atoms with Gasteiger partial charge in [-0.3, -0.25) is 4.79 Å². The van der Waals surface area contributed by atoms with Gasteiger partial charge in [-0.15, -0.1) is 0 Å². The third-order valence-electron chi connectivity index (χ3n) is 3.78. The number of carbonyl (C=O) groups is 1. The van der Waals surface area contributed by atoms with Gasteiger partial charge in [-0.05, 0) is 44.0 Å². The molecule has 0 aliphatic carbocycles. The summed E-state index contributed by atoms with van der Waals surface area (Å²) in [6, 6.07) is 6.49. The fourth-order valence-electron chi connectivity index (χ4n) is 2.62. The Morgan fingerprint density at radius 1 is 1.38 bits per heavy atom. The van der Waals surface area contributed by atoms with Crippen molar-refractivity contribution in [2.45, 2.75) is 39.3 Å². The van der Waals surface area contributed by atoms with E-state index in [1.165, 1.54) is 5.56 Å². The van der Waals surface area contributed by atoms with Gasteiger partial charge < -0.3 is 15.2 Å². The van der Waals surface area contributed by atoms with Crippen LogP contribution in [0.25, 0.3) is 0 Å². The first kappa shape index (κ1) is 13.7. The van der Waals surface area contributed by atoms with Crippen LogP contribution in [0.3, 0.4) is 0 Å². The number of benzene rings is 1. The number of hydrogen-bond donors (Lipinski definition) is 2. The van der Waals surface area contributed by atoms with Crippen molar-refractivity contribution in [1.29, 1.82) is 0 Å². The molecule has 0 radical (unpaired) electrons. The smallest absolute Gasteiger partial charge is 0.224 e. The number of hydrogen-bond acceptors (Lipinski definition) is 3. The predicted molar refractivity (Wildman–Crippen MR) is 83.3 cm³/mol. The molecule has 2 aromatic rings. The third kappa shape index (κ3) is 2.91. The molecule has 0 spiro atoms. The molecule has 0 atom stereocenters. The Hall–Kier alpha value is -2.30. The molecule has 2 N–H and O–H groups in total. The molecule has 0 bridgehead atoms. The summed E-state index contributed by atoms with van der Waals surface area (Å²) in [6.45, 7) is 5.03. The topological polar surface area (TPSA) is 59.0 Å². The highest BCUT2D eigenvalue weighted by molar-refractivity contribution is 5.94. The molecule has 110 valence electrons. The molecule has 1 aromatic heterocycles. The second-order valence-electron chi connectivity index (χ2n) is 5.66. The van der Waals surface area contributed by atoms with E-state index in [1.807, 2.05) is 24.7 Å². The molecule has 21 heavy (non-hydrogen) atoms. The molecule has 1 aromatic carbocycles. The fourth-order valence-corrected chi connectivity index (χ4v) is 2.62. The van der Waals surface area contributed by atoms with Crippen molar-refractivity contribution in [3.8, 4) is 0 Å². The van der Waals surface area contributed by atoms with Gasteiger partial charge in [-0.1, -0.05) is 0 Å². The Balaban J connectivity index is 1.71. The van der Waals surface area contributed by atoms with Crippen LogP contribution in [0.15, 0.2) is 30.7 Å². The molecule has 3 rings (SSSR count). The molecule has 1 aliphatic heterocycles. The number of nitrogens with zero attached hydrogens (tertiary/aromatic N) is 2. The van der Waals surface area contributed by atoms with Gasteiger partial charge in [0.05, 0.1) is 18.6 Å². The van der Waals surface area contributed by atoms with E-state index in [2.05, 4.69) is 40.1 Å². The van der Waals surface area contributed by atoms with Gasteiger partial charge in [-0.25, -0.2) is 4.98 Å². The third-order valence-corrected chi connectivity index (χ3v) is 3.78. The molecule has 0 saturated carbocycles. The summed E-state index contributed by atoms with van der Waals surface area (Å²) in [5.41, 5.74) is 4.36. The van der Waals surface area contributed by atoms with E-state index in [9.17, 15) is 4.79 Å². The number of rotatable bonds is 4. The van der Waals surface area contributed by atoms with Crippen molar-refractivity contribution < 1.29 is 4.79 Å². The predicted octanol–water partition coefficient (Wildman–Crippen LogP) is 2.96. The molecule has 0 saturated heterocycles. The quantitative estimate of drug-likeness (QED) is 0.907. The highest BCUT2D eigenvalue weighted by atomic mass is 16.1. The average molecular weight is 284 g/mol. The molecular formula is C16H20N4O. The number of fused-ring (bicyclic) bond motifs is 1. The van der Waals surface area contributed by atoms with Gasteiger partial charge in [0.25, 0.3) is 0 Å². The number of aryl methyl sites for hydroxylation is 1. The summed E-state index contributed by atoms with van der Waals surface area (Å²) in [7, 11) is 0. The summed E-state index contributed by atoms with van der Waals surface area (Å²) in [5.74, 6) is 0.101. The lowest BCUT2D eigenvalue weighted by molar-refractivity contribution is -0.116. The average Bonchev–Trinajstić information content (AvgIpc) is 2.93. The van der Waals surface area contributed by atoms with Crippen LogP contribution in [0.5, 0.6) is 0 Å².